The Hall–Kier alpha value is -3.28. The van der Waals surface area contributed by atoms with Gasteiger partial charge in [0, 0.05) is 17.3 Å². The minimum absolute atomic E-state index is 0.0418. The first kappa shape index (κ1) is 29.9. The van der Waals surface area contributed by atoms with Gasteiger partial charge in [0.25, 0.3) is 5.91 Å². The number of rotatable bonds is 5. The first-order valence-electron chi connectivity index (χ1n) is 10.3. The second-order valence-corrected chi connectivity index (χ2v) is 5.41. The standard InChI is InChI=1S/C19H22N2O4.2C2H6.C2H4/c1-5-7-15-16(6-2)20-18(22)12-21(19(15)23)11-13-8-9-14(24-3)10-17(13)25-4;3*1-2/h5-10H,1,11-12H2,2-4H3,(H,20,22);2*1-2H3;1-2H2/b15-7+,16-6+;;;. The van der Waals surface area contributed by atoms with Crippen LogP contribution in [0.15, 0.2) is 67.4 Å². The summed E-state index contributed by atoms with van der Waals surface area (Å²) in [4.78, 5) is 26.5. The van der Waals surface area contributed by atoms with Gasteiger partial charge in [0.05, 0.1) is 26.3 Å². The fourth-order valence-corrected chi connectivity index (χ4v) is 2.61. The molecule has 1 saturated heterocycles. The predicted octanol–water partition coefficient (Wildman–Crippen LogP) is 5.03. The molecule has 1 heterocycles. The summed E-state index contributed by atoms with van der Waals surface area (Å²) in [7, 11) is 3.12. The van der Waals surface area contributed by atoms with Crippen LogP contribution in [-0.2, 0) is 16.1 Å². The number of amides is 2. The molecule has 172 valence electrons. The number of hydrogen-bond acceptors (Lipinski definition) is 4. The number of carbonyl (C=O) groups is 2. The van der Waals surface area contributed by atoms with Crippen molar-refractivity contribution in [1.29, 1.82) is 0 Å². The number of nitrogens with one attached hydrogen (secondary N) is 1. The van der Waals surface area contributed by atoms with E-state index in [2.05, 4.69) is 25.1 Å². The van der Waals surface area contributed by atoms with Gasteiger partial charge in [0.15, 0.2) is 0 Å². The smallest absolute Gasteiger partial charge is 0.256 e. The molecule has 0 radical (unpaired) electrons. The van der Waals surface area contributed by atoms with Crippen molar-refractivity contribution in [2.24, 2.45) is 0 Å². The van der Waals surface area contributed by atoms with E-state index in [0.29, 0.717) is 22.8 Å². The van der Waals surface area contributed by atoms with E-state index >= 15 is 0 Å². The molecule has 0 saturated carbocycles. The van der Waals surface area contributed by atoms with Crippen LogP contribution in [0.5, 0.6) is 11.5 Å². The first-order valence-corrected chi connectivity index (χ1v) is 10.3. The summed E-state index contributed by atoms with van der Waals surface area (Å²) >= 11 is 0. The van der Waals surface area contributed by atoms with Crippen molar-refractivity contribution in [2.45, 2.75) is 41.2 Å². The Balaban J connectivity index is 0. The molecule has 0 bridgehead atoms. The number of nitrogens with zero attached hydrogens (tertiary/aromatic N) is 1. The molecule has 0 aromatic heterocycles. The zero-order valence-electron chi connectivity index (χ0n) is 20.1. The van der Waals surface area contributed by atoms with Crippen molar-refractivity contribution in [1.82, 2.24) is 10.2 Å². The number of ether oxygens (including phenoxy) is 2. The maximum absolute atomic E-state index is 12.9. The fraction of sp³-hybridized carbons (Fsp3) is 0.360. The Morgan fingerprint density at radius 3 is 2.19 bits per heavy atom. The molecule has 1 aromatic carbocycles. The Morgan fingerprint density at radius 2 is 1.71 bits per heavy atom. The van der Waals surface area contributed by atoms with Crippen LogP contribution in [0.4, 0.5) is 0 Å². The molecule has 1 aliphatic rings. The van der Waals surface area contributed by atoms with Crippen LogP contribution in [0.3, 0.4) is 0 Å². The predicted molar refractivity (Wildman–Crippen MR) is 129 cm³/mol. The second kappa shape index (κ2) is 17.6. The van der Waals surface area contributed by atoms with Crippen LogP contribution >= 0.6 is 0 Å². The monoisotopic (exact) mass is 430 g/mol. The van der Waals surface area contributed by atoms with Gasteiger partial charge >= 0.3 is 0 Å². The van der Waals surface area contributed by atoms with Crippen LogP contribution in [0, 0.1) is 0 Å². The third kappa shape index (κ3) is 8.95. The van der Waals surface area contributed by atoms with E-state index in [0.717, 1.165) is 5.56 Å². The maximum atomic E-state index is 12.9. The summed E-state index contributed by atoms with van der Waals surface area (Å²) in [5, 5.41) is 2.75. The molecule has 2 rings (SSSR count). The zero-order valence-corrected chi connectivity index (χ0v) is 20.1. The van der Waals surface area contributed by atoms with Gasteiger partial charge < -0.3 is 19.7 Å². The number of allylic oxidation sites excluding steroid dienone is 3. The van der Waals surface area contributed by atoms with Gasteiger partial charge in [0.1, 0.15) is 18.0 Å². The molecule has 0 atom stereocenters. The van der Waals surface area contributed by atoms with Crippen LogP contribution in [0.25, 0.3) is 0 Å². The van der Waals surface area contributed by atoms with Gasteiger partial charge in [-0.3, -0.25) is 9.59 Å². The lowest BCUT2D eigenvalue weighted by atomic mass is 10.1. The topological polar surface area (TPSA) is 67.9 Å². The first-order chi connectivity index (χ1) is 15.0. The molecule has 0 spiro atoms. The molecule has 2 amide bonds. The van der Waals surface area contributed by atoms with Gasteiger partial charge in [-0.25, -0.2) is 0 Å². The normalized spacial score (nSPS) is 15.1. The Labute approximate surface area is 187 Å². The van der Waals surface area contributed by atoms with Crippen molar-refractivity contribution in [3.8, 4) is 11.5 Å². The summed E-state index contributed by atoms with van der Waals surface area (Å²) in [5.41, 5.74) is 1.67. The molecular weight excluding hydrogens is 392 g/mol. The largest absolute Gasteiger partial charge is 0.497 e. The van der Waals surface area contributed by atoms with Crippen molar-refractivity contribution in [3.63, 3.8) is 0 Å². The molecule has 0 aliphatic carbocycles. The van der Waals surface area contributed by atoms with Crippen LogP contribution < -0.4 is 14.8 Å². The highest BCUT2D eigenvalue weighted by Gasteiger charge is 2.28. The Morgan fingerprint density at radius 1 is 1.10 bits per heavy atom. The van der Waals surface area contributed by atoms with Gasteiger partial charge in [-0.05, 0) is 25.1 Å². The van der Waals surface area contributed by atoms with E-state index in [1.165, 1.54) is 11.0 Å². The van der Waals surface area contributed by atoms with E-state index in [4.69, 9.17) is 9.47 Å². The molecule has 0 unspecified atom stereocenters. The molecule has 1 aliphatic heterocycles. The number of carbonyl (C=O) groups excluding carboxylic acids is 2. The number of benzene rings is 1. The van der Waals surface area contributed by atoms with E-state index < -0.39 is 0 Å². The lowest BCUT2D eigenvalue weighted by molar-refractivity contribution is -0.131. The van der Waals surface area contributed by atoms with Gasteiger partial charge in [-0.2, -0.15) is 0 Å². The molecule has 31 heavy (non-hydrogen) atoms. The fourth-order valence-electron chi connectivity index (χ4n) is 2.61. The highest BCUT2D eigenvalue weighted by Crippen LogP contribution is 2.27. The molecule has 6 heteroatoms. The quantitative estimate of drug-likeness (QED) is 0.525. The zero-order chi connectivity index (χ0) is 24.4. The average Bonchev–Trinajstić information content (AvgIpc) is 2.94. The van der Waals surface area contributed by atoms with Crippen LogP contribution in [-0.4, -0.2) is 37.5 Å². The summed E-state index contributed by atoms with van der Waals surface area (Å²) in [6, 6.07) is 5.36. The van der Waals surface area contributed by atoms with E-state index in [-0.39, 0.29) is 24.9 Å². The van der Waals surface area contributed by atoms with E-state index in [1.807, 2.05) is 33.8 Å². The van der Waals surface area contributed by atoms with Gasteiger partial charge in [-0.15, -0.1) is 13.2 Å². The molecule has 1 N–H and O–H groups in total. The minimum Gasteiger partial charge on any atom is -0.497 e. The van der Waals surface area contributed by atoms with Crippen LogP contribution in [0.1, 0.15) is 40.2 Å². The average molecular weight is 431 g/mol. The van der Waals surface area contributed by atoms with Crippen molar-refractivity contribution < 1.29 is 19.1 Å². The van der Waals surface area contributed by atoms with E-state index in [1.54, 1.807) is 45.4 Å². The summed E-state index contributed by atoms with van der Waals surface area (Å²) in [5.74, 6) is 0.756. The summed E-state index contributed by atoms with van der Waals surface area (Å²) in [6.07, 6.45) is 4.82. The molecule has 1 aromatic rings. The Kier molecular flexibility index (Phi) is 17.0. The minimum atomic E-state index is -0.249. The van der Waals surface area contributed by atoms with Crippen molar-refractivity contribution in [3.05, 3.63) is 73.0 Å². The van der Waals surface area contributed by atoms with Gasteiger partial charge in [-0.1, -0.05) is 46.4 Å². The lowest BCUT2D eigenvalue weighted by Gasteiger charge is -2.21. The summed E-state index contributed by atoms with van der Waals surface area (Å²) in [6.45, 7) is 19.6. The van der Waals surface area contributed by atoms with Crippen molar-refractivity contribution >= 4 is 11.8 Å². The van der Waals surface area contributed by atoms with Crippen LogP contribution in [0.2, 0.25) is 0 Å². The lowest BCUT2D eigenvalue weighted by Crippen LogP contribution is -2.35. The highest BCUT2D eigenvalue weighted by atomic mass is 16.5. The second-order valence-electron chi connectivity index (χ2n) is 5.41. The maximum Gasteiger partial charge on any atom is 0.256 e. The molecule has 1 fully saturated rings. The number of hydrogen-bond donors (Lipinski definition) is 1. The summed E-state index contributed by atoms with van der Waals surface area (Å²) < 4.78 is 10.6. The molecule has 6 nitrogen and oxygen atoms in total. The molecular formula is C25H38N2O4. The van der Waals surface area contributed by atoms with Crippen molar-refractivity contribution in [2.75, 3.05) is 20.8 Å². The SMILES string of the molecule is C=C.C=C/C=C1/C(=O)N(Cc2ccc(OC)cc2OC)CC(=O)N/C1=C/C.CC.CC. The Bertz CT molecular complexity index is 767. The van der Waals surface area contributed by atoms with E-state index in [9.17, 15) is 9.59 Å². The third-order valence-electron chi connectivity index (χ3n) is 3.84. The van der Waals surface area contributed by atoms with Gasteiger partial charge in [0.2, 0.25) is 5.91 Å². The third-order valence-corrected chi connectivity index (χ3v) is 3.84. The highest BCUT2D eigenvalue weighted by molar-refractivity contribution is 6.03. The number of methoxy groups -OCH3 is 2.